The number of ether oxygens (including phenoxy) is 1. The molecule has 3 aromatic rings. The van der Waals surface area contributed by atoms with Crippen molar-refractivity contribution in [3.63, 3.8) is 0 Å². The number of allylic oxidation sites excluding steroid dienone is 3. The van der Waals surface area contributed by atoms with Crippen molar-refractivity contribution in [1.82, 2.24) is 25.2 Å². The molecule has 0 fully saturated rings. The molecule has 2 heterocycles. The number of nitrogens with zero attached hydrogens (tertiary/aromatic N) is 4. The fraction of sp³-hybridized carbons (Fsp3) is 0.238. The third-order valence-corrected chi connectivity index (χ3v) is 5.25. The Morgan fingerprint density at radius 1 is 1.28 bits per heavy atom. The molecule has 1 aliphatic carbocycles. The third-order valence-electron chi connectivity index (χ3n) is 5.01. The van der Waals surface area contributed by atoms with Crippen LogP contribution in [0.2, 0.25) is 5.02 Å². The van der Waals surface area contributed by atoms with E-state index in [1.165, 1.54) is 4.68 Å². The van der Waals surface area contributed by atoms with Gasteiger partial charge >= 0.3 is 5.69 Å². The fourth-order valence-electron chi connectivity index (χ4n) is 3.42. The van der Waals surface area contributed by atoms with Crippen LogP contribution in [-0.2, 0) is 0 Å². The van der Waals surface area contributed by atoms with Crippen molar-refractivity contribution in [2.75, 3.05) is 6.61 Å². The van der Waals surface area contributed by atoms with Crippen LogP contribution in [0.5, 0.6) is 5.88 Å². The number of pyridine rings is 1. The van der Waals surface area contributed by atoms with E-state index in [-0.39, 0.29) is 17.5 Å². The molecule has 1 aromatic carbocycles. The molecule has 7 nitrogen and oxygen atoms in total. The largest absolute Gasteiger partial charge is 0.477 e. The lowest BCUT2D eigenvalue weighted by Gasteiger charge is -2.26. The molecule has 1 N–H and O–H groups in total. The molecule has 4 rings (SSSR count). The summed E-state index contributed by atoms with van der Waals surface area (Å²) < 4.78 is 7.30. The maximum Gasteiger partial charge on any atom is 0.365 e. The topological polar surface area (TPSA) is 85.7 Å². The van der Waals surface area contributed by atoms with E-state index < -0.39 is 0 Å². The normalized spacial score (nSPS) is 18.5. The quantitative estimate of drug-likeness (QED) is 0.693. The summed E-state index contributed by atoms with van der Waals surface area (Å²) >= 11 is 6.06. The molecular formula is C21H20ClN5O2. The predicted molar refractivity (Wildman–Crippen MR) is 112 cm³/mol. The van der Waals surface area contributed by atoms with Crippen molar-refractivity contribution < 1.29 is 4.74 Å². The summed E-state index contributed by atoms with van der Waals surface area (Å²) in [7, 11) is 0. The molecule has 8 heteroatoms. The van der Waals surface area contributed by atoms with Gasteiger partial charge < -0.3 is 4.74 Å². The van der Waals surface area contributed by atoms with Gasteiger partial charge in [0.05, 0.1) is 18.0 Å². The second kappa shape index (κ2) is 8.05. The summed E-state index contributed by atoms with van der Waals surface area (Å²) in [4.78, 5) is 16.6. The number of nitrogens with one attached hydrogen (secondary N) is 1. The van der Waals surface area contributed by atoms with Crippen LogP contribution in [0.15, 0.2) is 59.4 Å². The highest BCUT2D eigenvalue weighted by molar-refractivity contribution is 6.30. The first-order chi connectivity index (χ1) is 14.0. The molecule has 148 valence electrons. The minimum atomic E-state index is -0.373. The van der Waals surface area contributed by atoms with Crippen molar-refractivity contribution in [3.8, 4) is 17.1 Å². The Kier molecular flexibility index (Phi) is 5.31. The summed E-state index contributed by atoms with van der Waals surface area (Å²) in [5.74, 6) is 0.622. The van der Waals surface area contributed by atoms with E-state index in [4.69, 9.17) is 16.3 Å². The standard InChI is InChI=1S/C21H20ClN5O2/c1-13-5-3-7-19(27-21(28)24-25-26-27)17(13)12-29-20-8-4-6-18(23-20)16-10-9-15(22)11-14(16)2/h3-11,13,17H,12H2,1-2H3,(H,24,26,28)/t13-,17?/m0/s1. The van der Waals surface area contributed by atoms with Gasteiger partial charge in [-0.05, 0) is 53.1 Å². The van der Waals surface area contributed by atoms with E-state index in [2.05, 4.69) is 33.5 Å². The van der Waals surface area contributed by atoms with Crippen molar-refractivity contribution in [1.29, 1.82) is 0 Å². The van der Waals surface area contributed by atoms with E-state index in [0.717, 1.165) is 22.5 Å². The lowest BCUT2D eigenvalue weighted by Crippen LogP contribution is -2.29. The number of benzene rings is 1. The predicted octanol–water partition coefficient (Wildman–Crippen LogP) is 3.73. The molecule has 2 atom stereocenters. The Morgan fingerprint density at radius 2 is 2.14 bits per heavy atom. The number of halogens is 1. The van der Waals surface area contributed by atoms with Gasteiger partial charge in [-0.15, -0.1) is 0 Å². The minimum Gasteiger partial charge on any atom is -0.477 e. The highest BCUT2D eigenvalue weighted by atomic mass is 35.5. The van der Waals surface area contributed by atoms with Crippen LogP contribution < -0.4 is 10.4 Å². The maximum absolute atomic E-state index is 12.0. The van der Waals surface area contributed by atoms with Crippen molar-refractivity contribution in [2.45, 2.75) is 13.8 Å². The maximum atomic E-state index is 12.0. The van der Waals surface area contributed by atoms with E-state index in [9.17, 15) is 4.79 Å². The molecule has 1 aliphatic rings. The second-order valence-corrected chi connectivity index (χ2v) is 7.43. The molecule has 0 amide bonds. The van der Waals surface area contributed by atoms with Crippen LogP contribution in [-0.4, -0.2) is 31.8 Å². The molecule has 2 aromatic heterocycles. The zero-order chi connectivity index (χ0) is 20.4. The van der Waals surface area contributed by atoms with Crippen molar-refractivity contribution >= 4 is 17.3 Å². The number of rotatable bonds is 5. The van der Waals surface area contributed by atoms with Gasteiger partial charge in [-0.1, -0.05) is 42.8 Å². The molecule has 0 radical (unpaired) electrons. The zero-order valence-corrected chi connectivity index (χ0v) is 16.8. The summed E-state index contributed by atoms with van der Waals surface area (Å²) in [5.41, 5.74) is 3.23. The molecule has 0 spiro atoms. The third kappa shape index (κ3) is 4.00. The van der Waals surface area contributed by atoms with Crippen molar-refractivity contribution in [2.24, 2.45) is 11.8 Å². The second-order valence-electron chi connectivity index (χ2n) is 6.99. The lowest BCUT2D eigenvalue weighted by atomic mass is 9.87. The van der Waals surface area contributed by atoms with Gasteiger partial charge in [-0.2, -0.15) is 4.68 Å². The van der Waals surface area contributed by atoms with Crippen LogP contribution >= 0.6 is 11.6 Å². The Hall–Kier alpha value is -3.19. The number of H-pyrrole nitrogens is 1. The van der Waals surface area contributed by atoms with Gasteiger partial charge in [-0.25, -0.2) is 14.9 Å². The number of aromatic amines is 1. The molecular weight excluding hydrogens is 390 g/mol. The number of hydrogen-bond acceptors (Lipinski definition) is 5. The molecule has 0 bridgehead atoms. The SMILES string of the molecule is Cc1cc(Cl)ccc1-c1cccc(OCC2C(n3nn[nH]c3=O)=CC=C[C@@H]2C)n1. The first-order valence-electron chi connectivity index (χ1n) is 9.28. The average Bonchev–Trinajstić information content (AvgIpc) is 3.13. The summed E-state index contributed by atoms with van der Waals surface area (Å²) in [6.07, 6.45) is 5.85. The van der Waals surface area contributed by atoms with E-state index in [1.807, 2.05) is 55.5 Å². The first-order valence-corrected chi connectivity index (χ1v) is 9.66. The highest BCUT2D eigenvalue weighted by Gasteiger charge is 2.26. The first kappa shape index (κ1) is 19.1. The Morgan fingerprint density at radius 3 is 2.90 bits per heavy atom. The van der Waals surface area contributed by atoms with Crippen molar-refractivity contribution in [3.05, 3.63) is 75.7 Å². The molecule has 29 heavy (non-hydrogen) atoms. The number of aryl methyl sites for hydroxylation is 1. The molecule has 0 aliphatic heterocycles. The zero-order valence-electron chi connectivity index (χ0n) is 16.0. The van der Waals surface area contributed by atoms with Gasteiger partial charge in [0.1, 0.15) is 0 Å². The van der Waals surface area contributed by atoms with E-state index in [0.29, 0.717) is 17.5 Å². The van der Waals surface area contributed by atoms with Crippen LogP contribution in [0, 0.1) is 18.8 Å². The highest BCUT2D eigenvalue weighted by Crippen LogP contribution is 2.30. The van der Waals surface area contributed by atoms with Gasteiger partial charge in [0, 0.05) is 22.6 Å². The fourth-order valence-corrected chi connectivity index (χ4v) is 3.65. The Balaban J connectivity index is 1.55. The van der Waals surface area contributed by atoms with Crippen LogP contribution in [0.3, 0.4) is 0 Å². The van der Waals surface area contributed by atoms with E-state index >= 15 is 0 Å². The van der Waals surface area contributed by atoms with E-state index in [1.54, 1.807) is 0 Å². The number of hydrogen-bond donors (Lipinski definition) is 1. The number of tetrazole rings is 1. The average molecular weight is 410 g/mol. The summed E-state index contributed by atoms with van der Waals surface area (Å²) in [5, 5.41) is 10.5. The van der Waals surface area contributed by atoms with Gasteiger partial charge in [0.2, 0.25) is 5.88 Å². The van der Waals surface area contributed by atoms with Gasteiger partial charge in [-0.3, -0.25) is 0 Å². The smallest absolute Gasteiger partial charge is 0.365 e. The molecule has 0 saturated carbocycles. The summed E-state index contributed by atoms with van der Waals surface area (Å²) in [6.45, 7) is 4.43. The van der Waals surface area contributed by atoms with Gasteiger partial charge in [0.25, 0.3) is 0 Å². The van der Waals surface area contributed by atoms with Gasteiger partial charge in [0.15, 0.2) is 0 Å². The monoisotopic (exact) mass is 409 g/mol. The Labute approximate surface area is 172 Å². The summed E-state index contributed by atoms with van der Waals surface area (Å²) in [6, 6.07) is 11.4. The minimum absolute atomic E-state index is 0.0643. The molecule has 1 unspecified atom stereocenters. The van der Waals surface area contributed by atoms with Crippen LogP contribution in [0.4, 0.5) is 0 Å². The Bertz CT molecular complexity index is 1150. The molecule has 0 saturated heterocycles. The van der Waals surface area contributed by atoms with Crippen LogP contribution in [0.1, 0.15) is 12.5 Å². The number of aromatic nitrogens is 5. The van der Waals surface area contributed by atoms with Crippen LogP contribution in [0.25, 0.3) is 17.0 Å². The lowest BCUT2D eigenvalue weighted by molar-refractivity contribution is 0.243.